The molecule has 0 N–H and O–H groups in total. The van der Waals surface area contributed by atoms with Crippen LogP contribution in [0.4, 0.5) is 11.6 Å². The lowest BCUT2D eigenvalue weighted by atomic mass is 10.2. The Bertz CT molecular complexity index is 1410. The molecular weight excluding hydrogens is 390 g/mol. The van der Waals surface area contributed by atoms with Gasteiger partial charge in [-0.2, -0.15) is 4.98 Å². The number of nitrogens with zero attached hydrogens (tertiary/aromatic N) is 5. The van der Waals surface area contributed by atoms with Crippen LogP contribution in [0.5, 0.6) is 0 Å². The van der Waals surface area contributed by atoms with Gasteiger partial charge in [0.2, 0.25) is 5.95 Å². The van der Waals surface area contributed by atoms with E-state index in [0.29, 0.717) is 23.7 Å². The Labute approximate surface area is 179 Å². The minimum absolute atomic E-state index is 0.207. The summed E-state index contributed by atoms with van der Waals surface area (Å²) in [6.07, 6.45) is 3.75. The van der Waals surface area contributed by atoms with Crippen molar-refractivity contribution in [1.29, 1.82) is 0 Å². The highest BCUT2D eigenvalue weighted by Crippen LogP contribution is 2.31. The number of aromatic nitrogens is 4. The van der Waals surface area contributed by atoms with Crippen LogP contribution in [0, 0.1) is 6.92 Å². The van der Waals surface area contributed by atoms with Crippen LogP contribution in [0.25, 0.3) is 17.2 Å². The minimum atomic E-state index is -0.367. The average molecular weight is 413 g/mol. The van der Waals surface area contributed by atoms with Gasteiger partial charge >= 0.3 is 5.69 Å². The molecule has 0 bridgehead atoms. The SMILES string of the molecule is Cc1ccc(N2CCn3c2nc2c3c(=O)n(CC=Cc3ccccc3)c(=O)n2C)cc1. The smallest absolute Gasteiger partial charge is 0.310 e. The molecular formula is C24H23N5O2. The molecule has 1 aliphatic heterocycles. The number of anilines is 2. The Morgan fingerprint density at radius 1 is 1.00 bits per heavy atom. The fraction of sp³-hybridized carbons (Fsp3) is 0.208. The Hall–Kier alpha value is -3.87. The van der Waals surface area contributed by atoms with Gasteiger partial charge in [-0.3, -0.25) is 13.9 Å². The predicted octanol–water partition coefficient (Wildman–Crippen LogP) is 3.07. The third-order valence-corrected chi connectivity index (χ3v) is 5.74. The molecule has 2 aromatic carbocycles. The van der Waals surface area contributed by atoms with Crippen LogP contribution in [0.15, 0.2) is 70.3 Å². The van der Waals surface area contributed by atoms with Crippen LogP contribution in [0.2, 0.25) is 0 Å². The first kappa shape index (κ1) is 19.1. The molecule has 156 valence electrons. The van der Waals surface area contributed by atoms with Gasteiger partial charge in [0.1, 0.15) is 0 Å². The summed E-state index contributed by atoms with van der Waals surface area (Å²) in [6, 6.07) is 18.0. The molecule has 0 radical (unpaired) electrons. The quantitative estimate of drug-likeness (QED) is 0.516. The Morgan fingerprint density at radius 2 is 1.74 bits per heavy atom. The molecule has 0 aliphatic carbocycles. The Kier molecular flexibility index (Phi) is 4.58. The Balaban J connectivity index is 1.58. The predicted molar refractivity (Wildman–Crippen MR) is 123 cm³/mol. The van der Waals surface area contributed by atoms with E-state index in [2.05, 4.69) is 34.1 Å². The van der Waals surface area contributed by atoms with E-state index in [-0.39, 0.29) is 17.8 Å². The molecule has 1 aliphatic rings. The maximum Gasteiger partial charge on any atom is 0.332 e. The summed E-state index contributed by atoms with van der Waals surface area (Å²) in [6.45, 7) is 3.64. The summed E-state index contributed by atoms with van der Waals surface area (Å²) in [5.74, 6) is 0.698. The minimum Gasteiger partial charge on any atom is -0.310 e. The van der Waals surface area contributed by atoms with E-state index < -0.39 is 0 Å². The van der Waals surface area contributed by atoms with Crippen molar-refractivity contribution in [2.75, 3.05) is 11.4 Å². The molecule has 0 saturated carbocycles. The number of aryl methyl sites for hydroxylation is 2. The first-order valence-electron chi connectivity index (χ1n) is 10.3. The Morgan fingerprint density at radius 3 is 2.48 bits per heavy atom. The summed E-state index contributed by atoms with van der Waals surface area (Å²) >= 11 is 0. The zero-order valence-corrected chi connectivity index (χ0v) is 17.5. The van der Waals surface area contributed by atoms with Crippen molar-refractivity contribution in [1.82, 2.24) is 18.7 Å². The van der Waals surface area contributed by atoms with Crippen LogP contribution < -0.4 is 16.1 Å². The highest BCUT2D eigenvalue weighted by molar-refractivity contribution is 5.77. The molecule has 5 rings (SSSR count). The average Bonchev–Trinajstić information content (AvgIpc) is 3.35. The molecule has 2 aromatic heterocycles. The molecule has 0 amide bonds. The number of rotatable bonds is 4. The second kappa shape index (κ2) is 7.43. The van der Waals surface area contributed by atoms with Crippen molar-refractivity contribution in [2.24, 2.45) is 7.05 Å². The summed E-state index contributed by atoms with van der Waals surface area (Å²) in [5, 5.41) is 0. The number of benzene rings is 2. The van der Waals surface area contributed by atoms with E-state index in [1.54, 1.807) is 7.05 Å². The van der Waals surface area contributed by atoms with E-state index in [1.165, 1.54) is 14.7 Å². The van der Waals surface area contributed by atoms with Crippen molar-refractivity contribution in [3.05, 3.63) is 92.6 Å². The van der Waals surface area contributed by atoms with Gasteiger partial charge in [0, 0.05) is 32.4 Å². The fourth-order valence-corrected chi connectivity index (χ4v) is 4.07. The molecule has 7 heteroatoms. The normalized spacial score (nSPS) is 13.4. The second-order valence-corrected chi connectivity index (χ2v) is 7.79. The van der Waals surface area contributed by atoms with Crippen molar-refractivity contribution in [2.45, 2.75) is 20.0 Å². The summed E-state index contributed by atoms with van der Waals surface area (Å²) in [7, 11) is 1.67. The molecule has 7 nitrogen and oxygen atoms in total. The number of hydrogen-bond donors (Lipinski definition) is 0. The van der Waals surface area contributed by atoms with E-state index in [0.717, 1.165) is 17.8 Å². The summed E-state index contributed by atoms with van der Waals surface area (Å²) in [4.78, 5) is 33.0. The third kappa shape index (κ3) is 3.18. The van der Waals surface area contributed by atoms with Gasteiger partial charge in [-0.15, -0.1) is 0 Å². The number of hydrogen-bond acceptors (Lipinski definition) is 4. The van der Waals surface area contributed by atoms with Crippen LogP contribution in [0.3, 0.4) is 0 Å². The van der Waals surface area contributed by atoms with Crippen molar-refractivity contribution >= 4 is 28.9 Å². The molecule has 0 saturated heterocycles. The van der Waals surface area contributed by atoms with Crippen LogP contribution in [0.1, 0.15) is 11.1 Å². The first-order chi connectivity index (χ1) is 15.0. The van der Waals surface area contributed by atoms with E-state index in [1.807, 2.05) is 54.0 Å². The van der Waals surface area contributed by atoms with Crippen molar-refractivity contribution in [3.63, 3.8) is 0 Å². The van der Waals surface area contributed by atoms with E-state index in [9.17, 15) is 9.59 Å². The number of fused-ring (bicyclic) bond motifs is 3. The summed E-state index contributed by atoms with van der Waals surface area (Å²) in [5.41, 5.74) is 3.45. The van der Waals surface area contributed by atoms with E-state index >= 15 is 0 Å². The zero-order chi connectivity index (χ0) is 21.5. The number of imidazole rings is 1. The van der Waals surface area contributed by atoms with Gasteiger partial charge in [0.05, 0.1) is 0 Å². The van der Waals surface area contributed by atoms with Gasteiger partial charge in [0.15, 0.2) is 11.2 Å². The fourth-order valence-electron chi connectivity index (χ4n) is 4.07. The van der Waals surface area contributed by atoms with Gasteiger partial charge in [-0.05, 0) is 24.6 Å². The van der Waals surface area contributed by atoms with Gasteiger partial charge in [0.25, 0.3) is 5.56 Å². The molecule has 31 heavy (non-hydrogen) atoms. The monoisotopic (exact) mass is 413 g/mol. The maximum atomic E-state index is 13.3. The molecule has 0 fully saturated rings. The van der Waals surface area contributed by atoms with Crippen LogP contribution in [-0.4, -0.2) is 25.2 Å². The maximum absolute atomic E-state index is 13.3. The summed E-state index contributed by atoms with van der Waals surface area (Å²) < 4.78 is 4.66. The van der Waals surface area contributed by atoms with Crippen LogP contribution in [-0.2, 0) is 20.1 Å². The number of allylic oxidation sites excluding steroid dienone is 1. The van der Waals surface area contributed by atoms with Gasteiger partial charge < -0.3 is 9.47 Å². The molecule has 0 atom stereocenters. The van der Waals surface area contributed by atoms with Gasteiger partial charge in [-0.1, -0.05) is 60.2 Å². The van der Waals surface area contributed by atoms with Crippen LogP contribution >= 0.6 is 0 Å². The van der Waals surface area contributed by atoms with E-state index in [4.69, 9.17) is 0 Å². The first-order valence-corrected chi connectivity index (χ1v) is 10.3. The third-order valence-electron chi connectivity index (χ3n) is 5.74. The highest BCUT2D eigenvalue weighted by atomic mass is 16.2. The molecule has 3 heterocycles. The largest absolute Gasteiger partial charge is 0.332 e. The molecule has 0 spiro atoms. The standard InChI is InChI=1S/C24H23N5O2/c1-17-10-12-19(13-11-17)27-15-16-28-20-21(25-23(27)28)26(2)24(31)29(22(20)30)14-6-9-18-7-4-3-5-8-18/h3-13H,14-16H2,1-2H3. The lowest BCUT2D eigenvalue weighted by Gasteiger charge is -2.16. The molecule has 4 aromatic rings. The topological polar surface area (TPSA) is 65.1 Å². The van der Waals surface area contributed by atoms with Gasteiger partial charge in [-0.25, -0.2) is 4.79 Å². The second-order valence-electron chi connectivity index (χ2n) is 7.79. The van der Waals surface area contributed by atoms with Crippen molar-refractivity contribution in [3.8, 4) is 0 Å². The lowest BCUT2D eigenvalue weighted by Crippen LogP contribution is -2.39. The molecule has 0 unspecified atom stereocenters. The highest BCUT2D eigenvalue weighted by Gasteiger charge is 2.28. The van der Waals surface area contributed by atoms with Crippen molar-refractivity contribution < 1.29 is 0 Å². The lowest BCUT2D eigenvalue weighted by molar-refractivity contribution is 0.663. The zero-order valence-electron chi connectivity index (χ0n) is 17.5.